The van der Waals surface area contributed by atoms with Gasteiger partial charge in [-0.3, -0.25) is 4.90 Å². The fourth-order valence-electron chi connectivity index (χ4n) is 3.81. The van der Waals surface area contributed by atoms with E-state index in [0.29, 0.717) is 16.5 Å². The summed E-state index contributed by atoms with van der Waals surface area (Å²) < 4.78 is 0. The summed E-state index contributed by atoms with van der Waals surface area (Å²) in [5.74, 6) is 0. The molecule has 1 aliphatic heterocycles. The van der Waals surface area contributed by atoms with Gasteiger partial charge in [0.05, 0.1) is 0 Å². The van der Waals surface area contributed by atoms with Crippen LogP contribution in [0.25, 0.3) is 0 Å². The zero-order valence-electron chi connectivity index (χ0n) is 14.5. The van der Waals surface area contributed by atoms with Crippen molar-refractivity contribution >= 4 is 0 Å². The maximum absolute atomic E-state index is 2.53. The van der Waals surface area contributed by atoms with Crippen molar-refractivity contribution in [3.63, 3.8) is 0 Å². The maximum Gasteiger partial charge on any atom is 0.0160 e. The van der Waals surface area contributed by atoms with Crippen LogP contribution in [0, 0.1) is 5.41 Å². The van der Waals surface area contributed by atoms with E-state index in [1.165, 1.54) is 32.1 Å². The second-order valence-corrected chi connectivity index (χ2v) is 8.06. The van der Waals surface area contributed by atoms with E-state index < -0.39 is 0 Å². The van der Waals surface area contributed by atoms with Gasteiger partial charge in [0.2, 0.25) is 0 Å². The largest absolute Gasteiger partial charge is 0.296 e. The average Bonchev–Trinajstić information content (AvgIpc) is 2.13. The van der Waals surface area contributed by atoms with E-state index in [2.05, 4.69) is 67.3 Å². The molecule has 0 aromatic rings. The molecule has 1 nitrogen and oxygen atoms in total. The van der Waals surface area contributed by atoms with Crippen LogP contribution in [0.15, 0.2) is 0 Å². The van der Waals surface area contributed by atoms with Crippen LogP contribution in [-0.4, -0.2) is 23.0 Å². The van der Waals surface area contributed by atoms with Gasteiger partial charge in [0.1, 0.15) is 0 Å². The molecule has 18 heavy (non-hydrogen) atoms. The lowest BCUT2D eigenvalue weighted by Gasteiger charge is -2.56. The number of piperidine rings is 1. The normalized spacial score (nSPS) is 25.2. The number of nitrogens with zero attached hydrogens (tertiary/aromatic N) is 1. The Labute approximate surface area is 116 Å². The number of hydrogen-bond donors (Lipinski definition) is 0. The van der Waals surface area contributed by atoms with Crippen molar-refractivity contribution < 1.29 is 0 Å². The third-order valence-corrected chi connectivity index (χ3v) is 4.35. The monoisotopic (exact) mass is 255 g/mol. The molecule has 1 aliphatic rings. The number of unbranched alkanes of at least 4 members (excludes halogenated alkanes) is 2. The first-order valence-corrected chi connectivity index (χ1v) is 7.72. The number of hydrogen-bond acceptors (Lipinski definition) is 1. The van der Waals surface area contributed by atoms with Crippen LogP contribution in [0.4, 0.5) is 0 Å². The highest BCUT2D eigenvalue weighted by Gasteiger charge is 2.46. The summed E-state index contributed by atoms with van der Waals surface area (Å²) in [7, 11) is 2.26. The maximum atomic E-state index is 2.53. The fourth-order valence-corrected chi connectivity index (χ4v) is 3.81. The molecule has 0 saturated carbocycles. The molecule has 0 bridgehead atoms. The van der Waals surface area contributed by atoms with E-state index in [9.17, 15) is 0 Å². The van der Waals surface area contributed by atoms with Crippen molar-refractivity contribution in [2.45, 2.75) is 98.6 Å². The van der Waals surface area contributed by atoms with Gasteiger partial charge in [0.15, 0.2) is 0 Å². The minimum absolute atomic E-state index is 0.339. The summed E-state index contributed by atoms with van der Waals surface area (Å²) >= 11 is 0. The molecular formula is C17H37N. The van der Waals surface area contributed by atoms with Crippen LogP contribution in [0.2, 0.25) is 0 Å². The van der Waals surface area contributed by atoms with Gasteiger partial charge in [-0.2, -0.15) is 0 Å². The quantitative estimate of drug-likeness (QED) is 0.630. The summed E-state index contributed by atoms with van der Waals surface area (Å²) in [4.78, 5) is 2.53. The predicted octanol–water partition coefficient (Wildman–Crippen LogP) is 5.49. The molecular weight excluding hydrogens is 218 g/mol. The zero-order chi connectivity index (χ0) is 14.6. The van der Waals surface area contributed by atoms with Gasteiger partial charge < -0.3 is 0 Å². The first-order chi connectivity index (χ1) is 7.98. The summed E-state index contributed by atoms with van der Waals surface area (Å²) in [6.07, 6.45) is 6.66. The summed E-state index contributed by atoms with van der Waals surface area (Å²) in [6, 6.07) is 0. The van der Waals surface area contributed by atoms with Gasteiger partial charge in [-0.1, -0.05) is 47.0 Å². The van der Waals surface area contributed by atoms with Crippen molar-refractivity contribution in [1.29, 1.82) is 0 Å². The summed E-state index contributed by atoms with van der Waals surface area (Å²) in [6.45, 7) is 18.6. The molecule has 0 aliphatic carbocycles. The smallest absolute Gasteiger partial charge is 0.0160 e. The van der Waals surface area contributed by atoms with Crippen molar-refractivity contribution in [3.8, 4) is 0 Å². The molecule has 1 saturated heterocycles. The first kappa shape index (κ1) is 18.0. The van der Waals surface area contributed by atoms with Crippen LogP contribution in [0.3, 0.4) is 0 Å². The van der Waals surface area contributed by atoms with Crippen LogP contribution in [0.5, 0.6) is 0 Å². The third kappa shape index (κ3) is 5.30. The molecule has 1 rings (SSSR count). The zero-order valence-corrected chi connectivity index (χ0v) is 14.5. The van der Waals surface area contributed by atoms with Crippen molar-refractivity contribution in [2.24, 2.45) is 5.41 Å². The Kier molecular flexibility index (Phi) is 6.40. The van der Waals surface area contributed by atoms with E-state index in [0.717, 1.165) is 0 Å². The number of likely N-dealkylation sites (tertiary alicyclic amines) is 1. The first-order valence-electron chi connectivity index (χ1n) is 7.72. The molecule has 1 fully saturated rings. The average molecular weight is 255 g/mol. The van der Waals surface area contributed by atoms with Crippen LogP contribution >= 0.6 is 0 Å². The molecule has 1 heteroatoms. The molecule has 1 heterocycles. The van der Waals surface area contributed by atoms with Gasteiger partial charge in [-0.15, -0.1) is 0 Å². The Morgan fingerprint density at radius 1 is 0.778 bits per heavy atom. The molecule has 110 valence electrons. The van der Waals surface area contributed by atoms with Crippen molar-refractivity contribution in [3.05, 3.63) is 0 Å². The number of rotatable bonds is 2. The molecule has 0 radical (unpaired) electrons. The van der Waals surface area contributed by atoms with E-state index in [1.54, 1.807) is 0 Å². The lowest BCUT2D eigenvalue weighted by molar-refractivity contribution is -0.0587. The van der Waals surface area contributed by atoms with Gasteiger partial charge in [0, 0.05) is 11.1 Å². The fraction of sp³-hybridized carbons (Fsp3) is 1.00. The molecule has 0 aromatic carbocycles. The van der Waals surface area contributed by atoms with Crippen molar-refractivity contribution in [2.75, 3.05) is 7.05 Å². The standard InChI is InChI=1S/C12H25N.C5H12/c1-10(2)8-11(3,4)13(7)12(5,6)9-10;1-3-5-4-2/h8-9H2,1-7H3;3-5H2,1-2H3. The van der Waals surface area contributed by atoms with Gasteiger partial charge >= 0.3 is 0 Å². The highest BCUT2D eigenvalue weighted by atomic mass is 15.2. The second kappa shape index (κ2) is 6.41. The van der Waals surface area contributed by atoms with Crippen LogP contribution in [-0.2, 0) is 0 Å². The Balaban J connectivity index is 0.000000494. The van der Waals surface area contributed by atoms with Gasteiger partial charge in [-0.05, 0) is 53.0 Å². The van der Waals surface area contributed by atoms with E-state index in [4.69, 9.17) is 0 Å². The van der Waals surface area contributed by atoms with Crippen LogP contribution in [0.1, 0.15) is 87.5 Å². The Bertz CT molecular complexity index is 216. The SMILES string of the molecule is CCCCC.CN1C(C)(C)CC(C)(C)CC1(C)C. The highest BCUT2D eigenvalue weighted by Crippen LogP contribution is 2.46. The Morgan fingerprint density at radius 2 is 1.11 bits per heavy atom. The lowest BCUT2D eigenvalue weighted by Crippen LogP contribution is -2.60. The third-order valence-electron chi connectivity index (χ3n) is 4.35. The highest BCUT2D eigenvalue weighted by molar-refractivity contribution is 5.01. The van der Waals surface area contributed by atoms with E-state index in [-0.39, 0.29) is 0 Å². The second-order valence-electron chi connectivity index (χ2n) is 8.06. The molecule has 0 atom stereocenters. The van der Waals surface area contributed by atoms with E-state index in [1.807, 2.05) is 0 Å². The Hall–Kier alpha value is -0.0400. The van der Waals surface area contributed by atoms with Crippen molar-refractivity contribution in [1.82, 2.24) is 4.90 Å². The Morgan fingerprint density at radius 3 is 1.33 bits per heavy atom. The molecule has 0 spiro atoms. The molecule has 0 N–H and O–H groups in total. The van der Waals surface area contributed by atoms with Crippen LogP contribution < -0.4 is 0 Å². The predicted molar refractivity (Wildman–Crippen MR) is 84.1 cm³/mol. The lowest BCUT2D eigenvalue weighted by atomic mass is 9.66. The molecule has 0 unspecified atom stereocenters. The van der Waals surface area contributed by atoms with Gasteiger partial charge in [0.25, 0.3) is 0 Å². The molecule has 0 aromatic heterocycles. The minimum atomic E-state index is 0.339. The topological polar surface area (TPSA) is 3.24 Å². The van der Waals surface area contributed by atoms with E-state index >= 15 is 0 Å². The van der Waals surface area contributed by atoms with Gasteiger partial charge in [-0.25, -0.2) is 0 Å². The minimum Gasteiger partial charge on any atom is -0.296 e. The summed E-state index contributed by atoms with van der Waals surface area (Å²) in [5.41, 5.74) is 1.16. The molecule has 0 amide bonds. The summed E-state index contributed by atoms with van der Waals surface area (Å²) in [5, 5.41) is 0.